The van der Waals surface area contributed by atoms with Crippen LogP contribution in [-0.4, -0.2) is 24.3 Å². The van der Waals surface area contributed by atoms with Crippen molar-refractivity contribution in [2.45, 2.75) is 27.7 Å². The molecule has 136 valence electrons. The maximum Gasteiger partial charge on any atom is 0.339 e. The molecule has 2 aromatic rings. The first kappa shape index (κ1) is 19.3. The van der Waals surface area contributed by atoms with Gasteiger partial charge in [0.1, 0.15) is 5.82 Å². The summed E-state index contributed by atoms with van der Waals surface area (Å²) in [5.74, 6) is -2.42. The van der Waals surface area contributed by atoms with Crippen molar-refractivity contribution in [3.63, 3.8) is 0 Å². The predicted molar refractivity (Wildman–Crippen MR) is 96.0 cm³/mol. The van der Waals surface area contributed by atoms with Gasteiger partial charge in [0.15, 0.2) is 6.61 Å². The lowest BCUT2D eigenvalue weighted by Gasteiger charge is -2.11. The van der Waals surface area contributed by atoms with Gasteiger partial charge in [-0.2, -0.15) is 0 Å². The van der Waals surface area contributed by atoms with Crippen LogP contribution in [0.3, 0.4) is 0 Å². The van der Waals surface area contributed by atoms with E-state index in [0.717, 1.165) is 22.8 Å². The molecule has 26 heavy (non-hydrogen) atoms. The monoisotopic (exact) mass is 357 g/mol. The second-order valence-corrected chi connectivity index (χ2v) is 6.15. The summed E-state index contributed by atoms with van der Waals surface area (Å²) in [7, 11) is 0. The van der Waals surface area contributed by atoms with E-state index in [-0.39, 0.29) is 17.2 Å². The summed E-state index contributed by atoms with van der Waals surface area (Å²) in [6.07, 6.45) is 0. The Bertz CT molecular complexity index is 866. The van der Waals surface area contributed by atoms with Gasteiger partial charge < -0.3 is 10.1 Å². The number of benzene rings is 2. The van der Waals surface area contributed by atoms with Crippen LogP contribution >= 0.6 is 0 Å². The SMILES string of the molecule is CC(=O)Nc1ccc(C(=O)COC(=O)c2c(C)cc(C)cc2C)c(F)c1. The van der Waals surface area contributed by atoms with Gasteiger partial charge in [0.25, 0.3) is 0 Å². The molecule has 0 spiro atoms. The maximum atomic E-state index is 14.1. The highest BCUT2D eigenvalue weighted by Crippen LogP contribution is 2.19. The summed E-state index contributed by atoms with van der Waals surface area (Å²) in [5, 5.41) is 2.42. The number of esters is 1. The molecule has 2 aromatic carbocycles. The van der Waals surface area contributed by atoms with Crippen LogP contribution in [0.15, 0.2) is 30.3 Å². The Hall–Kier alpha value is -3.02. The van der Waals surface area contributed by atoms with Gasteiger partial charge in [0.2, 0.25) is 11.7 Å². The van der Waals surface area contributed by atoms with Crippen molar-refractivity contribution in [1.29, 1.82) is 0 Å². The van der Waals surface area contributed by atoms with Crippen LogP contribution in [-0.2, 0) is 9.53 Å². The third kappa shape index (κ3) is 4.53. The molecule has 1 amide bonds. The molecule has 0 radical (unpaired) electrons. The molecule has 0 aliphatic carbocycles. The van der Waals surface area contributed by atoms with E-state index in [0.29, 0.717) is 5.56 Å². The number of amides is 1. The fourth-order valence-electron chi connectivity index (χ4n) is 2.81. The van der Waals surface area contributed by atoms with E-state index < -0.39 is 24.2 Å². The molecule has 0 heterocycles. The number of rotatable bonds is 5. The van der Waals surface area contributed by atoms with Crippen molar-refractivity contribution in [1.82, 2.24) is 0 Å². The number of hydrogen-bond acceptors (Lipinski definition) is 4. The number of carbonyl (C=O) groups is 3. The van der Waals surface area contributed by atoms with E-state index in [9.17, 15) is 18.8 Å². The molecule has 0 unspecified atom stereocenters. The minimum atomic E-state index is -0.792. The Morgan fingerprint density at radius 1 is 1.04 bits per heavy atom. The van der Waals surface area contributed by atoms with E-state index in [2.05, 4.69) is 5.32 Å². The van der Waals surface area contributed by atoms with Gasteiger partial charge in [-0.1, -0.05) is 17.7 Å². The molecule has 5 nitrogen and oxygen atoms in total. The molecule has 0 bridgehead atoms. The van der Waals surface area contributed by atoms with Crippen LogP contribution in [0.5, 0.6) is 0 Å². The summed E-state index contributed by atoms with van der Waals surface area (Å²) >= 11 is 0. The number of nitrogens with one attached hydrogen (secondary N) is 1. The first-order valence-electron chi connectivity index (χ1n) is 8.04. The number of anilines is 1. The average molecular weight is 357 g/mol. The number of Topliss-reactive ketones (excluding diaryl/α,β-unsaturated/α-hetero) is 1. The zero-order valence-corrected chi connectivity index (χ0v) is 15.1. The number of hydrogen-bond donors (Lipinski definition) is 1. The standard InChI is InChI=1S/C20H20FNO4/c1-11-7-12(2)19(13(3)8-11)20(25)26-10-18(24)16-6-5-15(9-17(16)21)22-14(4)23/h5-9H,10H2,1-4H3,(H,22,23). The number of aryl methyl sites for hydroxylation is 3. The van der Waals surface area contributed by atoms with Crippen LogP contribution in [0.4, 0.5) is 10.1 Å². The summed E-state index contributed by atoms with van der Waals surface area (Å²) in [6.45, 7) is 6.23. The van der Waals surface area contributed by atoms with Crippen LogP contribution in [0, 0.1) is 26.6 Å². The lowest BCUT2D eigenvalue weighted by atomic mass is 10.00. The number of carbonyl (C=O) groups excluding carboxylic acids is 3. The van der Waals surface area contributed by atoms with Crippen molar-refractivity contribution in [3.05, 3.63) is 64.0 Å². The van der Waals surface area contributed by atoms with Crippen molar-refractivity contribution in [2.24, 2.45) is 0 Å². The van der Waals surface area contributed by atoms with Gasteiger partial charge >= 0.3 is 5.97 Å². The molecular weight excluding hydrogens is 337 g/mol. The summed E-state index contributed by atoms with van der Waals surface area (Å²) < 4.78 is 19.1. The fraction of sp³-hybridized carbons (Fsp3) is 0.250. The lowest BCUT2D eigenvalue weighted by molar-refractivity contribution is -0.114. The zero-order chi connectivity index (χ0) is 19.4. The Labute approximate surface area is 151 Å². The Kier molecular flexibility index (Phi) is 5.87. The van der Waals surface area contributed by atoms with Crippen LogP contribution in [0.2, 0.25) is 0 Å². The highest BCUT2D eigenvalue weighted by molar-refractivity contribution is 6.00. The second kappa shape index (κ2) is 7.91. The molecule has 0 saturated heterocycles. The summed E-state index contributed by atoms with van der Waals surface area (Å²) in [6, 6.07) is 7.41. The molecule has 0 saturated carbocycles. The van der Waals surface area contributed by atoms with E-state index in [1.165, 1.54) is 19.1 Å². The Balaban J connectivity index is 2.09. The minimum absolute atomic E-state index is 0.204. The molecule has 0 aliphatic heterocycles. The van der Waals surface area contributed by atoms with E-state index in [1.54, 1.807) is 13.8 Å². The molecule has 0 fully saturated rings. The third-order valence-electron chi connectivity index (χ3n) is 3.81. The van der Waals surface area contributed by atoms with Crippen LogP contribution in [0.25, 0.3) is 0 Å². The minimum Gasteiger partial charge on any atom is -0.454 e. The average Bonchev–Trinajstić information content (AvgIpc) is 2.51. The fourth-order valence-corrected chi connectivity index (χ4v) is 2.81. The van der Waals surface area contributed by atoms with Gasteiger partial charge in [-0.15, -0.1) is 0 Å². The number of ketones is 1. The van der Waals surface area contributed by atoms with Crippen LogP contribution in [0.1, 0.15) is 44.3 Å². The molecular formula is C20H20FNO4. The van der Waals surface area contributed by atoms with E-state index in [1.807, 2.05) is 19.1 Å². The van der Waals surface area contributed by atoms with E-state index >= 15 is 0 Å². The molecule has 6 heteroatoms. The largest absolute Gasteiger partial charge is 0.454 e. The van der Waals surface area contributed by atoms with Crippen molar-refractivity contribution in [3.8, 4) is 0 Å². The maximum absolute atomic E-state index is 14.1. The first-order chi connectivity index (χ1) is 12.2. The number of halogens is 1. The summed E-state index contributed by atoms with van der Waals surface area (Å²) in [4.78, 5) is 35.4. The normalized spacial score (nSPS) is 10.3. The van der Waals surface area contributed by atoms with Crippen LogP contribution < -0.4 is 5.32 Å². The van der Waals surface area contributed by atoms with Gasteiger partial charge in [-0.3, -0.25) is 9.59 Å². The van der Waals surface area contributed by atoms with Gasteiger partial charge in [0.05, 0.1) is 11.1 Å². The number of ether oxygens (including phenoxy) is 1. The van der Waals surface area contributed by atoms with Gasteiger partial charge in [-0.05, 0) is 50.1 Å². The summed E-state index contributed by atoms with van der Waals surface area (Å²) in [5.41, 5.74) is 2.98. The third-order valence-corrected chi connectivity index (χ3v) is 3.81. The quantitative estimate of drug-likeness (QED) is 0.653. The molecule has 2 rings (SSSR count). The Morgan fingerprint density at radius 3 is 2.19 bits per heavy atom. The zero-order valence-electron chi connectivity index (χ0n) is 15.1. The highest BCUT2D eigenvalue weighted by Gasteiger charge is 2.18. The lowest BCUT2D eigenvalue weighted by Crippen LogP contribution is -2.17. The first-order valence-corrected chi connectivity index (χ1v) is 8.04. The van der Waals surface area contributed by atoms with Gasteiger partial charge in [-0.25, -0.2) is 9.18 Å². The molecule has 0 aliphatic rings. The van der Waals surface area contributed by atoms with Crippen molar-refractivity contribution >= 4 is 23.3 Å². The topological polar surface area (TPSA) is 72.5 Å². The molecule has 1 N–H and O–H groups in total. The van der Waals surface area contributed by atoms with E-state index in [4.69, 9.17) is 4.74 Å². The van der Waals surface area contributed by atoms with Gasteiger partial charge in [0, 0.05) is 12.6 Å². The molecule has 0 atom stereocenters. The Morgan fingerprint density at radius 2 is 1.65 bits per heavy atom. The smallest absolute Gasteiger partial charge is 0.339 e. The highest BCUT2D eigenvalue weighted by atomic mass is 19.1. The predicted octanol–water partition coefficient (Wildman–Crippen LogP) is 3.75. The molecule has 0 aromatic heterocycles. The van der Waals surface area contributed by atoms with Crippen molar-refractivity contribution in [2.75, 3.05) is 11.9 Å². The second-order valence-electron chi connectivity index (χ2n) is 6.15. The van der Waals surface area contributed by atoms with Crippen molar-refractivity contribution < 1.29 is 23.5 Å².